The van der Waals surface area contributed by atoms with Gasteiger partial charge in [-0.15, -0.1) is 0 Å². The van der Waals surface area contributed by atoms with Gasteiger partial charge in [-0.3, -0.25) is 4.31 Å². The van der Waals surface area contributed by atoms with E-state index in [0.717, 1.165) is 9.87 Å². The highest BCUT2D eigenvalue weighted by Gasteiger charge is 2.27. The minimum Gasteiger partial charge on any atom is -0.449 e. The Bertz CT molecular complexity index is 570. The summed E-state index contributed by atoms with van der Waals surface area (Å²) in [4.78, 5) is 11.4. The SMILES string of the molecule is CCOC(=O)NS(=O)(=O)N(c1ccc(CN)cc1)C(C)C. The molecule has 21 heavy (non-hydrogen) atoms. The minimum atomic E-state index is -4.04. The number of rotatable bonds is 6. The number of benzene rings is 1. The highest BCUT2D eigenvalue weighted by Crippen LogP contribution is 2.21. The molecule has 0 aliphatic heterocycles. The number of hydrogen-bond donors (Lipinski definition) is 2. The molecule has 0 aliphatic rings. The zero-order valence-corrected chi connectivity index (χ0v) is 13.2. The average molecular weight is 315 g/mol. The average Bonchev–Trinajstić information content (AvgIpc) is 2.38. The van der Waals surface area contributed by atoms with Gasteiger partial charge in [-0.25, -0.2) is 9.52 Å². The van der Waals surface area contributed by atoms with Gasteiger partial charge in [0.25, 0.3) is 0 Å². The van der Waals surface area contributed by atoms with Crippen LogP contribution in [0.25, 0.3) is 0 Å². The highest BCUT2D eigenvalue weighted by atomic mass is 32.2. The van der Waals surface area contributed by atoms with Crippen molar-refractivity contribution in [1.29, 1.82) is 0 Å². The lowest BCUT2D eigenvalue weighted by Gasteiger charge is -2.27. The van der Waals surface area contributed by atoms with Crippen LogP contribution in [0.1, 0.15) is 26.3 Å². The summed E-state index contributed by atoms with van der Waals surface area (Å²) in [6.45, 7) is 5.48. The molecular weight excluding hydrogens is 294 g/mol. The van der Waals surface area contributed by atoms with E-state index in [9.17, 15) is 13.2 Å². The Hall–Kier alpha value is -1.80. The number of anilines is 1. The largest absolute Gasteiger partial charge is 0.449 e. The summed E-state index contributed by atoms with van der Waals surface area (Å²) in [7, 11) is -4.04. The van der Waals surface area contributed by atoms with Gasteiger partial charge in [-0.05, 0) is 38.5 Å². The van der Waals surface area contributed by atoms with Crippen LogP contribution in [0.15, 0.2) is 24.3 Å². The molecular formula is C13H21N3O4S. The third kappa shape index (κ3) is 4.61. The first-order valence-electron chi connectivity index (χ1n) is 6.59. The van der Waals surface area contributed by atoms with Crippen molar-refractivity contribution in [2.45, 2.75) is 33.4 Å². The van der Waals surface area contributed by atoms with Gasteiger partial charge in [-0.1, -0.05) is 12.1 Å². The highest BCUT2D eigenvalue weighted by molar-refractivity contribution is 7.91. The normalized spacial score (nSPS) is 11.3. The fraction of sp³-hybridized carbons (Fsp3) is 0.462. The van der Waals surface area contributed by atoms with E-state index in [1.54, 1.807) is 45.0 Å². The molecule has 0 aliphatic carbocycles. The summed E-state index contributed by atoms with van der Waals surface area (Å²) < 4.78 is 32.2. The Morgan fingerprint density at radius 2 is 1.90 bits per heavy atom. The van der Waals surface area contributed by atoms with E-state index in [4.69, 9.17) is 5.73 Å². The Labute approximate surface area is 125 Å². The summed E-state index contributed by atoms with van der Waals surface area (Å²) in [5.74, 6) is 0. The molecule has 8 heteroatoms. The predicted octanol–water partition coefficient (Wildman–Crippen LogP) is 1.35. The quantitative estimate of drug-likeness (QED) is 0.825. The zero-order chi connectivity index (χ0) is 16.0. The van der Waals surface area contributed by atoms with Gasteiger partial charge in [0.2, 0.25) is 0 Å². The summed E-state index contributed by atoms with van der Waals surface area (Å²) >= 11 is 0. The second-order valence-electron chi connectivity index (χ2n) is 4.59. The van der Waals surface area contributed by atoms with Crippen molar-refractivity contribution < 1.29 is 17.9 Å². The van der Waals surface area contributed by atoms with Crippen molar-refractivity contribution in [3.05, 3.63) is 29.8 Å². The standard InChI is InChI=1S/C13H21N3O4S/c1-4-20-13(17)15-21(18,19)16(10(2)3)12-7-5-11(9-14)6-8-12/h5-8,10H,4,9,14H2,1-3H3,(H,15,17). The first-order valence-corrected chi connectivity index (χ1v) is 8.03. The molecule has 1 aromatic rings. The maximum absolute atomic E-state index is 12.3. The Kier molecular flexibility index (Phi) is 5.98. The second-order valence-corrected chi connectivity index (χ2v) is 6.14. The van der Waals surface area contributed by atoms with Gasteiger partial charge in [0.1, 0.15) is 0 Å². The van der Waals surface area contributed by atoms with E-state index in [1.165, 1.54) is 0 Å². The molecule has 0 aromatic heterocycles. The summed E-state index contributed by atoms with van der Waals surface area (Å²) in [6.07, 6.45) is -0.998. The van der Waals surface area contributed by atoms with E-state index < -0.39 is 16.3 Å². The van der Waals surface area contributed by atoms with Crippen molar-refractivity contribution in [2.75, 3.05) is 10.9 Å². The van der Waals surface area contributed by atoms with Crippen molar-refractivity contribution in [3.63, 3.8) is 0 Å². The van der Waals surface area contributed by atoms with Crippen molar-refractivity contribution in [2.24, 2.45) is 5.73 Å². The maximum atomic E-state index is 12.3. The molecule has 0 atom stereocenters. The van der Waals surface area contributed by atoms with Gasteiger partial charge >= 0.3 is 16.3 Å². The third-order valence-corrected chi connectivity index (χ3v) is 4.22. The summed E-state index contributed by atoms with van der Waals surface area (Å²) in [6, 6.07) is 6.40. The lowest BCUT2D eigenvalue weighted by atomic mass is 10.2. The fourth-order valence-electron chi connectivity index (χ4n) is 1.81. The molecule has 0 unspecified atom stereocenters. The van der Waals surface area contributed by atoms with Gasteiger partial charge in [0.05, 0.1) is 12.3 Å². The Morgan fingerprint density at radius 1 is 1.33 bits per heavy atom. The van der Waals surface area contributed by atoms with Crippen LogP contribution in [0.3, 0.4) is 0 Å². The van der Waals surface area contributed by atoms with E-state index >= 15 is 0 Å². The lowest BCUT2D eigenvalue weighted by Crippen LogP contribution is -2.47. The number of hydrogen-bond acceptors (Lipinski definition) is 5. The molecule has 0 saturated carbocycles. The number of carbonyl (C=O) groups is 1. The van der Waals surface area contributed by atoms with Crippen LogP contribution in [0.2, 0.25) is 0 Å². The third-order valence-electron chi connectivity index (χ3n) is 2.64. The molecule has 118 valence electrons. The molecule has 1 rings (SSSR count). The van der Waals surface area contributed by atoms with Gasteiger partial charge in [0, 0.05) is 12.6 Å². The predicted molar refractivity (Wildman–Crippen MR) is 81.0 cm³/mol. The number of nitrogens with one attached hydrogen (secondary N) is 1. The van der Waals surface area contributed by atoms with Gasteiger partial charge in [-0.2, -0.15) is 8.42 Å². The first-order chi connectivity index (χ1) is 9.81. The van der Waals surface area contributed by atoms with Crippen LogP contribution in [0.4, 0.5) is 10.5 Å². The summed E-state index contributed by atoms with van der Waals surface area (Å²) in [5.41, 5.74) is 6.85. The molecule has 7 nitrogen and oxygen atoms in total. The van der Waals surface area contributed by atoms with Gasteiger partial charge < -0.3 is 10.5 Å². The molecule has 0 saturated heterocycles. The van der Waals surface area contributed by atoms with Crippen molar-refractivity contribution in [3.8, 4) is 0 Å². The molecule has 3 N–H and O–H groups in total. The van der Waals surface area contributed by atoms with E-state index in [-0.39, 0.29) is 12.6 Å². The van der Waals surface area contributed by atoms with E-state index in [2.05, 4.69) is 4.74 Å². The molecule has 0 bridgehead atoms. The van der Waals surface area contributed by atoms with Crippen LogP contribution in [-0.4, -0.2) is 27.2 Å². The molecule has 0 heterocycles. The van der Waals surface area contributed by atoms with Crippen LogP contribution in [-0.2, 0) is 21.5 Å². The smallest absolute Gasteiger partial charge is 0.422 e. The molecule has 0 radical (unpaired) electrons. The van der Waals surface area contributed by atoms with Crippen LogP contribution in [0.5, 0.6) is 0 Å². The number of amides is 1. The van der Waals surface area contributed by atoms with Crippen molar-refractivity contribution >= 4 is 22.0 Å². The van der Waals surface area contributed by atoms with Crippen molar-refractivity contribution in [1.82, 2.24) is 4.72 Å². The second kappa shape index (κ2) is 7.28. The first kappa shape index (κ1) is 17.3. The Morgan fingerprint density at radius 3 is 2.33 bits per heavy atom. The molecule has 1 aromatic carbocycles. The Balaban J connectivity index is 3.07. The lowest BCUT2D eigenvalue weighted by molar-refractivity contribution is 0.158. The zero-order valence-electron chi connectivity index (χ0n) is 12.4. The van der Waals surface area contributed by atoms with Crippen LogP contribution < -0.4 is 14.8 Å². The van der Waals surface area contributed by atoms with E-state index in [1.807, 2.05) is 4.72 Å². The molecule has 0 fully saturated rings. The van der Waals surface area contributed by atoms with E-state index in [0.29, 0.717) is 12.2 Å². The minimum absolute atomic E-state index is 0.0915. The number of nitrogens with zero attached hydrogens (tertiary/aromatic N) is 1. The topological polar surface area (TPSA) is 102 Å². The summed E-state index contributed by atoms with van der Waals surface area (Å²) in [5, 5.41) is 0. The fourth-order valence-corrected chi connectivity index (χ4v) is 3.13. The molecule has 1 amide bonds. The number of nitrogens with two attached hydrogens (primary N) is 1. The molecule has 0 spiro atoms. The van der Waals surface area contributed by atoms with Gasteiger partial charge in [0.15, 0.2) is 0 Å². The van der Waals surface area contributed by atoms with Crippen LogP contribution in [0, 0.1) is 0 Å². The van der Waals surface area contributed by atoms with Crippen LogP contribution >= 0.6 is 0 Å². The number of carbonyl (C=O) groups excluding carboxylic acids is 1. The maximum Gasteiger partial charge on any atom is 0.422 e. The monoisotopic (exact) mass is 315 g/mol. The number of ether oxygens (including phenoxy) is 1.